The van der Waals surface area contributed by atoms with Gasteiger partial charge in [0.25, 0.3) is 0 Å². The highest BCUT2D eigenvalue weighted by Gasteiger charge is 2.20. The van der Waals surface area contributed by atoms with E-state index in [2.05, 4.69) is 51.3 Å². The van der Waals surface area contributed by atoms with Crippen molar-refractivity contribution in [2.45, 2.75) is 58.5 Å². The number of hydrogen-bond acceptors (Lipinski definition) is 12. The number of ether oxygens (including phenoxy) is 2. The minimum Gasteiger partial charge on any atom is -0.491 e. The molecule has 190 valence electrons. The molecule has 0 aliphatic carbocycles. The zero-order valence-electron chi connectivity index (χ0n) is 20.7. The first-order valence-electron chi connectivity index (χ1n) is 11.5. The van der Waals surface area contributed by atoms with Crippen LogP contribution in [0.4, 0.5) is 23.5 Å². The fourth-order valence-electron chi connectivity index (χ4n) is 3.18. The average Bonchev–Trinajstić information content (AvgIpc) is 2.83. The van der Waals surface area contributed by atoms with Gasteiger partial charge in [0.1, 0.15) is 13.2 Å². The summed E-state index contributed by atoms with van der Waals surface area (Å²) in [6.45, 7) is 6.97. The van der Waals surface area contributed by atoms with Gasteiger partial charge < -0.3 is 31.6 Å². The SMILES string of the molecule is CCCC[C@H](COOC[C@@H](Nc1nc(N)ncc1OC)[C@@H](C)CC)Nc1nc(N)ncc1OC. The van der Waals surface area contributed by atoms with Crippen LogP contribution in [-0.2, 0) is 9.78 Å². The Morgan fingerprint density at radius 1 is 0.882 bits per heavy atom. The van der Waals surface area contributed by atoms with Gasteiger partial charge in [0, 0.05) is 0 Å². The Morgan fingerprint density at radius 2 is 1.44 bits per heavy atom. The smallest absolute Gasteiger partial charge is 0.222 e. The zero-order chi connectivity index (χ0) is 24.9. The summed E-state index contributed by atoms with van der Waals surface area (Å²) in [6, 6.07) is -0.142. The van der Waals surface area contributed by atoms with E-state index in [0.717, 1.165) is 25.7 Å². The van der Waals surface area contributed by atoms with E-state index in [4.69, 9.17) is 30.7 Å². The van der Waals surface area contributed by atoms with Crippen molar-refractivity contribution in [3.63, 3.8) is 0 Å². The van der Waals surface area contributed by atoms with Gasteiger partial charge >= 0.3 is 0 Å². The van der Waals surface area contributed by atoms with Crippen LogP contribution in [-0.4, -0.2) is 59.5 Å². The second kappa shape index (κ2) is 14.2. The maximum absolute atomic E-state index is 5.75. The van der Waals surface area contributed by atoms with E-state index >= 15 is 0 Å². The highest BCUT2D eigenvalue weighted by atomic mass is 17.2. The van der Waals surface area contributed by atoms with Crippen LogP contribution in [0.3, 0.4) is 0 Å². The van der Waals surface area contributed by atoms with E-state index in [9.17, 15) is 0 Å². The molecule has 3 atom stereocenters. The standard InChI is InChI=1S/C22H38N8O4/c1-6-8-9-15(27-19-17(31-4)10-25-21(23)29-19)12-33-34-13-16(14(3)7-2)28-20-18(32-5)11-26-22(24)30-20/h10-11,14-16H,6-9,12-13H2,1-5H3,(H3,23,25,27,29)(H3,24,26,28,30)/t14-,15+,16+/m0/s1. The Kier molecular flexibility index (Phi) is 11.3. The molecule has 6 N–H and O–H groups in total. The second-order valence-corrected chi connectivity index (χ2v) is 7.98. The van der Waals surface area contributed by atoms with Crippen molar-refractivity contribution in [3.05, 3.63) is 12.4 Å². The van der Waals surface area contributed by atoms with Crippen LogP contribution < -0.4 is 31.6 Å². The van der Waals surface area contributed by atoms with E-state index in [-0.39, 0.29) is 29.9 Å². The molecule has 2 aromatic heterocycles. The molecule has 34 heavy (non-hydrogen) atoms. The van der Waals surface area contributed by atoms with Crippen molar-refractivity contribution in [2.75, 3.05) is 49.5 Å². The monoisotopic (exact) mass is 478 g/mol. The Bertz CT molecular complexity index is 873. The summed E-state index contributed by atoms with van der Waals surface area (Å²) in [7, 11) is 3.12. The van der Waals surface area contributed by atoms with Crippen molar-refractivity contribution >= 4 is 23.5 Å². The van der Waals surface area contributed by atoms with Gasteiger partial charge in [-0.25, -0.2) is 19.7 Å². The molecule has 0 spiro atoms. The third-order valence-electron chi connectivity index (χ3n) is 5.49. The van der Waals surface area contributed by atoms with E-state index in [0.29, 0.717) is 36.3 Å². The molecule has 12 heteroatoms. The van der Waals surface area contributed by atoms with Crippen LogP contribution in [0.2, 0.25) is 0 Å². The summed E-state index contributed by atoms with van der Waals surface area (Å²) in [6.07, 6.45) is 6.92. The largest absolute Gasteiger partial charge is 0.491 e. The van der Waals surface area contributed by atoms with E-state index in [1.165, 1.54) is 12.4 Å². The first-order valence-corrected chi connectivity index (χ1v) is 11.5. The Hall–Kier alpha value is -3.12. The summed E-state index contributed by atoms with van der Waals surface area (Å²) in [5.41, 5.74) is 11.5. The van der Waals surface area contributed by atoms with Gasteiger partial charge in [-0.2, -0.15) is 9.97 Å². The minimum absolute atomic E-state index is 0.0556. The number of hydrogen-bond donors (Lipinski definition) is 4. The lowest BCUT2D eigenvalue weighted by atomic mass is 10.00. The number of methoxy groups -OCH3 is 2. The third-order valence-corrected chi connectivity index (χ3v) is 5.49. The molecule has 0 bridgehead atoms. The molecular formula is C22H38N8O4. The van der Waals surface area contributed by atoms with E-state index in [1.54, 1.807) is 14.2 Å². The van der Waals surface area contributed by atoms with Crippen LogP contribution >= 0.6 is 0 Å². The van der Waals surface area contributed by atoms with Gasteiger partial charge in [0.05, 0.1) is 38.7 Å². The Balaban J connectivity index is 1.98. The minimum atomic E-state index is -0.0861. The summed E-state index contributed by atoms with van der Waals surface area (Å²) >= 11 is 0. The van der Waals surface area contributed by atoms with Crippen molar-refractivity contribution in [1.29, 1.82) is 0 Å². The molecule has 0 unspecified atom stereocenters. The quantitative estimate of drug-likeness (QED) is 0.159. The first kappa shape index (κ1) is 27.1. The average molecular weight is 479 g/mol. The number of nitrogens with zero attached hydrogens (tertiary/aromatic N) is 4. The normalized spacial score (nSPS) is 13.7. The van der Waals surface area contributed by atoms with Crippen LogP contribution in [0.25, 0.3) is 0 Å². The molecule has 0 saturated heterocycles. The summed E-state index contributed by atoms with van der Waals surface area (Å²) < 4.78 is 10.7. The topological polar surface area (TPSA) is 165 Å². The number of rotatable bonds is 16. The van der Waals surface area contributed by atoms with Gasteiger partial charge in [-0.05, 0) is 12.3 Å². The first-order chi connectivity index (χ1) is 16.4. The number of unbranched alkanes of at least 4 members (excludes halogenated alkanes) is 1. The summed E-state index contributed by atoms with van der Waals surface area (Å²) in [4.78, 5) is 27.6. The molecule has 2 aromatic rings. The molecule has 0 aromatic carbocycles. The van der Waals surface area contributed by atoms with Gasteiger partial charge in [0.2, 0.25) is 11.9 Å². The van der Waals surface area contributed by atoms with Crippen LogP contribution in [0, 0.1) is 5.92 Å². The number of nitrogens with one attached hydrogen (secondary N) is 2. The lowest BCUT2D eigenvalue weighted by molar-refractivity contribution is -0.298. The molecule has 0 fully saturated rings. The van der Waals surface area contributed by atoms with Crippen molar-refractivity contribution < 1.29 is 19.2 Å². The van der Waals surface area contributed by atoms with Crippen molar-refractivity contribution in [1.82, 2.24) is 19.9 Å². The molecule has 12 nitrogen and oxygen atoms in total. The van der Waals surface area contributed by atoms with E-state index in [1.807, 2.05) is 0 Å². The fourth-order valence-corrected chi connectivity index (χ4v) is 3.18. The highest BCUT2D eigenvalue weighted by molar-refractivity contribution is 5.52. The van der Waals surface area contributed by atoms with Gasteiger partial charge in [-0.1, -0.05) is 40.0 Å². The number of nitrogens with two attached hydrogens (primary N) is 2. The zero-order valence-corrected chi connectivity index (χ0v) is 20.7. The van der Waals surface area contributed by atoms with Gasteiger partial charge in [0.15, 0.2) is 23.1 Å². The number of anilines is 4. The third kappa shape index (κ3) is 8.34. The fraction of sp³-hybridized carbons (Fsp3) is 0.636. The molecule has 0 amide bonds. The maximum atomic E-state index is 5.75. The van der Waals surface area contributed by atoms with Crippen LogP contribution in [0.1, 0.15) is 46.5 Å². The lowest BCUT2D eigenvalue weighted by Crippen LogP contribution is -2.34. The summed E-state index contributed by atoms with van der Waals surface area (Å²) in [5, 5.41) is 6.68. The van der Waals surface area contributed by atoms with Gasteiger partial charge in [-0.15, -0.1) is 0 Å². The van der Waals surface area contributed by atoms with E-state index < -0.39 is 0 Å². The maximum Gasteiger partial charge on any atom is 0.222 e. The molecule has 0 saturated carbocycles. The lowest BCUT2D eigenvalue weighted by Gasteiger charge is -2.25. The number of nitrogen functional groups attached to an aromatic ring is 2. The van der Waals surface area contributed by atoms with Crippen LogP contribution in [0.5, 0.6) is 11.5 Å². The van der Waals surface area contributed by atoms with Crippen molar-refractivity contribution in [2.24, 2.45) is 5.92 Å². The Morgan fingerprint density at radius 3 is 1.97 bits per heavy atom. The summed E-state index contributed by atoms with van der Waals surface area (Å²) in [5.74, 6) is 2.65. The second-order valence-electron chi connectivity index (χ2n) is 7.98. The molecular weight excluding hydrogens is 440 g/mol. The van der Waals surface area contributed by atoms with Gasteiger partial charge in [-0.3, -0.25) is 0 Å². The number of aromatic nitrogens is 4. The molecule has 2 heterocycles. The van der Waals surface area contributed by atoms with Crippen molar-refractivity contribution in [3.8, 4) is 11.5 Å². The molecule has 2 rings (SSSR count). The highest BCUT2D eigenvalue weighted by Crippen LogP contribution is 2.25. The van der Waals surface area contributed by atoms with Crippen LogP contribution in [0.15, 0.2) is 12.4 Å². The predicted molar refractivity (Wildman–Crippen MR) is 132 cm³/mol. The molecule has 0 aliphatic rings. The predicted octanol–water partition coefficient (Wildman–Crippen LogP) is 2.89. The molecule has 0 aliphatic heterocycles. The Labute approximate surface area is 201 Å². The molecule has 0 radical (unpaired) electrons.